The Kier molecular flexibility index (Phi) is 7.95. The fourth-order valence-corrected chi connectivity index (χ4v) is 10.6. The van der Waals surface area contributed by atoms with Crippen LogP contribution in [0.1, 0.15) is 25.0 Å². The van der Waals surface area contributed by atoms with Gasteiger partial charge in [0.2, 0.25) is 0 Å². The molecule has 0 bridgehead atoms. The van der Waals surface area contributed by atoms with Crippen LogP contribution in [0.3, 0.4) is 0 Å². The molecule has 0 unspecified atom stereocenters. The number of benzene rings is 10. The molecule has 0 aliphatic heterocycles. The second kappa shape index (κ2) is 13.9. The van der Waals surface area contributed by atoms with Gasteiger partial charge >= 0.3 is 0 Å². The van der Waals surface area contributed by atoms with Crippen molar-refractivity contribution in [2.45, 2.75) is 19.3 Å². The normalized spacial score (nSPS) is 13.0. The van der Waals surface area contributed by atoms with Crippen LogP contribution >= 0.6 is 0 Å². The molecule has 0 spiro atoms. The van der Waals surface area contributed by atoms with Crippen LogP contribution in [-0.4, -0.2) is 14.5 Å². The Bertz CT molecular complexity index is 3820. The van der Waals surface area contributed by atoms with Gasteiger partial charge in [0, 0.05) is 45.0 Å². The van der Waals surface area contributed by atoms with Crippen molar-refractivity contribution in [2.24, 2.45) is 0 Å². The second-order valence-electron chi connectivity index (χ2n) is 17.8. The monoisotopic (exact) mass is 815 g/mol. The molecule has 0 radical (unpaired) electrons. The first-order valence-electron chi connectivity index (χ1n) is 22.1. The first-order valence-corrected chi connectivity index (χ1v) is 22.1. The molecule has 1 aliphatic carbocycles. The molecule has 0 amide bonds. The van der Waals surface area contributed by atoms with Gasteiger partial charge in [-0.25, -0.2) is 0 Å². The molecule has 0 fully saturated rings. The van der Waals surface area contributed by atoms with E-state index in [2.05, 4.69) is 219 Å². The highest BCUT2D eigenvalue weighted by atomic mass is 15.0. The van der Waals surface area contributed by atoms with E-state index < -0.39 is 0 Å². The highest BCUT2D eigenvalue weighted by molar-refractivity contribution is 6.23. The van der Waals surface area contributed by atoms with E-state index in [1.165, 1.54) is 105 Å². The van der Waals surface area contributed by atoms with Crippen LogP contribution in [0.25, 0.3) is 116 Å². The molecule has 13 rings (SSSR count). The van der Waals surface area contributed by atoms with Crippen LogP contribution in [0.4, 0.5) is 0 Å². The standard InChI is InChI=1S/C61H41N3/c1-61(2)55-36-44(39-21-19-38(20-22-39)42-25-29-52-53(34-42)47-15-6-7-17-51(47)59-60(52)63-32-31-62-59)23-27-48(55)49-28-24-45(37-56(49)61)41-12-10-11-40(33-41)43-26-30-58-54(35-43)50-16-8-9-18-57(50)64(58)46-13-4-3-5-14-46/h3-37H,1-2H3. The largest absolute Gasteiger partial charge is 0.309 e. The van der Waals surface area contributed by atoms with E-state index in [0.717, 1.165) is 21.8 Å². The number of para-hydroxylation sites is 2. The Hall–Kier alpha value is -8.14. The van der Waals surface area contributed by atoms with Crippen molar-refractivity contribution in [1.82, 2.24) is 14.5 Å². The Morgan fingerprint density at radius 3 is 1.48 bits per heavy atom. The van der Waals surface area contributed by atoms with Crippen LogP contribution in [-0.2, 0) is 5.41 Å². The molecule has 10 aromatic carbocycles. The van der Waals surface area contributed by atoms with Crippen LogP contribution in [0.5, 0.6) is 0 Å². The second-order valence-corrected chi connectivity index (χ2v) is 17.8. The smallest absolute Gasteiger partial charge is 0.0971 e. The Morgan fingerprint density at radius 1 is 0.328 bits per heavy atom. The number of aromatic nitrogens is 3. The third-order valence-electron chi connectivity index (χ3n) is 13.9. The minimum atomic E-state index is -0.158. The molecule has 0 atom stereocenters. The van der Waals surface area contributed by atoms with Crippen molar-refractivity contribution in [1.29, 1.82) is 0 Å². The van der Waals surface area contributed by atoms with E-state index in [4.69, 9.17) is 9.97 Å². The predicted octanol–water partition coefficient (Wildman–Crippen LogP) is 16.0. The van der Waals surface area contributed by atoms with Crippen LogP contribution in [0.2, 0.25) is 0 Å². The Morgan fingerprint density at radius 2 is 0.797 bits per heavy atom. The molecule has 2 heterocycles. The summed E-state index contributed by atoms with van der Waals surface area (Å²) in [7, 11) is 0. The average Bonchev–Trinajstić information content (AvgIpc) is 3.81. The summed E-state index contributed by atoms with van der Waals surface area (Å²) in [4.78, 5) is 9.45. The number of rotatable bonds is 5. The third kappa shape index (κ3) is 5.54. The minimum absolute atomic E-state index is 0.158. The maximum atomic E-state index is 4.75. The lowest BCUT2D eigenvalue weighted by molar-refractivity contribution is 0.661. The zero-order valence-corrected chi connectivity index (χ0v) is 35.5. The molecule has 0 N–H and O–H groups in total. The van der Waals surface area contributed by atoms with Crippen molar-refractivity contribution in [2.75, 3.05) is 0 Å². The van der Waals surface area contributed by atoms with Gasteiger partial charge in [0.05, 0.1) is 22.1 Å². The molecule has 1 aliphatic rings. The summed E-state index contributed by atoms with van der Waals surface area (Å²) in [6, 6.07) is 73.8. The van der Waals surface area contributed by atoms with Crippen molar-refractivity contribution in [3.05, 3.63) is 224 Å². The topological polar surface area (TPSA) is 30.7 Å². The van der Waals surface area contributed by atoms with E-state index in [1.807, 2.05) is 0 Å². The zero-order chi connectivity index (χ0) is 42.5. The first-order chi connectivity index (χ1) is 31.5. The van der Waals surface area contributed by atoms with Gasteiger partial charge in [0.15, 0.2) is 0 Å². The van der Waals surface area contributed by atoms with E-state index >= 15 is 0 Å². The lowest BCUT2D eigenvalue weighted by Crippen LogP contribution is -2.15. The highest BCUT2D eigenvalue weighted by Crippen LogP contribution is 2.51. The summed E-state index contributed by atoms with van der Waals surface area (Å²) < 4.78 is 2.38. The van der Waals surface area contributed by atoms with E-state index in [0.29, 0.717) is 0 Å². The summed E-state index contributed by atoms with van der Waals surface area (Å²) >= 11 is 0. The van der Waals surface area contributed by atoms with Gasteiger partial charge in [-0.3, -0.25) is 9.97 Å². The van der Waals surface area contributed by atoms with Gasteiger partial charge in [-0.1, -0.05) is 159 Å². The Labute approximate surface area is 371 Å². The fraction of sp³-hybridized carbons (Fsp3) is 0.0492. The van der Waals surface area contributed by atoms with Gasteiger partial charge in [-0.05, 0) is 132 Å². The van der Waals surface area contributed by atoms with Crippen LogP contribution in [0, 0.1) is 0 Å². The molecular formula is C61H41N3. The first kappa shape index (κ1) is 36.5. The zero-order valence-electron chi connectivity index (χ0n) is 35.5. The van der Waals surface area contributed by atoms with Gasteiger partial charge in [0.25, 0.3) is 0 Å². The molecule has 0 saturated carbocycles. The van der Waals surface area contributed by atoms with Gasteiger partial charge < -0.3 is 4.57 Å². The van der Waals surface area contributed by atoms with Crippen molar-refractivity contribution in [3.8, 4) is 61.3 Å². The van der Waals surface area contributed by atoms with Gasteiger partial charge in [0.1, 0.15) is 0 Å². The van der Waals surface area contributed by atoms with Gasteiger partial charge in [-0.15, -0.1) is 0 Å². The molecule has 300 valence electrons. The number of nitrogens with zero attached hydrogens (tertiary/aromatic N) is 3. The average molecular weight is 816 g/mol. The summed E-state index contributed by atoms with van der Waals surface area (Å²) in [5, 5.41) is 7.18. The summed E-state index contributed by atoms with van der Waals surface area (Å²) in [6.45, 7) is 4.76. The molecule has 2 aromatic heterocycles. The van der Waals surface area contributed by atoms with Crippen molar-refractivity contribution >= 4 is 54.4 Å². The maximum Gasteiger partial charge on any atom is 0.0971 e. The number of hydrogen-bond acceptors (Lipinski definition) is 2. The van der Waals surface area contributed by atoms with E-state index in [9.17, 15) is 0 Å². The van der Waals surface area contributed by atoms with Crippen molar-refractivity contribution in [3.63, 3.8) is 0 Å². The Balaban J connectivity index is 0.810. The van der Waals surface area contributed by atoms with Gasteiger partial charge in [-0.2, -0.15) is 0 Å². The van der Waals surface area contributed by atoms with Crippen LogP contribution < -0.4 is 0 Å². The molecule has 3 nitrogen and oxygen atoms in total. The quantitative estimate of drug-likeness (QED) is 0.162. The lowest BCUT2D eigenvalue weighted by atomic mass is 9.80. The van der Waals surface area contributed by atoms with Crippen LogP contribution in [0.15, 0.2) is 213 Å². The SMILES string of the molecule is CC1(C)c2cc(-c3ccc(-c4ccc5c(c4)c4ccccc4c4nccnc54)cc3)ccc2-c2ccc(-c3cccc(-c4ccc5c(c4)c4ccccc4n5-c4ccccc4)c3)cc21. The van der Waals surface area contributed by atoms with Crippen molar-refractivity contribution < 1.29 is 0 Å². The third-order valence-corrected chi connectivity index (χ3v) is 13.9. The molecular weight excluding hydrogens is 775 g/mol. The minimum Gasteiger partial charge on any atom is -0.309 e. The number of fused-ring (bicyclic) bond motifs is 12. The highest BCUT2D eigenvalue weighted by Gasteiger charge is 2.36. The molecule has 3 heteroatoms. The van der Waals surface area contributed by atoms with E-state index in [1.54, 1.807) is 12.4 Å². The molecule has 64 heavy (non-hydrogen) atoms. The number of hydrogen-bond donors (Lipinski definition) is 0. The lowest BCUT2D eigenvalue weighted by Gasteiger charge is -2.23. The predicted molar refractivity (Wildman–Crippen MR) is 268 cm³/mol. The fourth-order valence-electron chi connectivity index (χ4n) is 10.6. The molecule has 12 aromatic rings. The molecule has 0 saturated heterocycles. The summed E-state index contributed by atoms with van der Waals surface area (Å²) in [5.74, 6) is 0. The summed E-state index contributed by atoms with van der Waals surface area (Å²) in [5.41, 5.74) is 20.5. The maximum absolute atomic E-state index is 4.75. The van der Waals surface area contributed by atoms with E-state index in [-0.39, 0.29) is 5.41 Å². The summed E-state index contributed by atoms with van der Waals surface area (Å²) in [6.07, 6.45) is 3.57.